The summed E-state index contributed by atoms with van der Waals surface area (Å²) in [6.45, 7) is 4.06. The zero-order valence-electron chi connectivity index (χ0n) is 15.7. The molecule has 3 heterocycles. The van der Waals surface area contributed by atoms with Gasteiger partial charge in [0.05, 0.1) is 5.92 Å². The number of anilines is 3. The summed E-state index contributed by atoms with van der Waals surface area (Å²) in [5.41, 5.74) is 1.69. The van der Waals surface area contributed by atoms with Gasteiger partial charge in [0.1, 0.15) is 0 Å². The predicted molar refractivity (Wildman–Crippen MR) is 111 cm³/mol. The lowest BCUT2D eigenvalue weighted by atomic mass is 9.97. The second kappa shape index (κ2) is 8.05. The molecule has 2 amide bonds. The lowest BCUT2D eigenvalue weighted by molar-refractivity contribution is -0.120. The molecule has 2 fully saturated rings. The maximum absolute atomic E-state index is 12.7. The van der Waals surface area contributed by atoms with Crippen LogP contribution in [0.3, 0.4) is 0 Å². The number of hydrogen-bond donors (Lipinski definition) is 1. The number of carbonyl (C=O) groups excluding carboxylic acids is 2. The van der Waals surface area contributed by atoms with Crippen LogP contribution in [0.25, 0.3) is 0 Å². The van der Waals surface area contributed by atoms with Crippen LogP contribution >= 0.6 is 22.9 Å². The molecule has 1 atom stereocenters. The van der Waals surface area contributed by atoms with Crippen molar-refractivity contribution in [2.24, 2.45) is 5.92 Å². The minimum Gasteiger partial charge on any atom is -0.346 e. The highest BCUT2D eigenvalue weighted by atomic mass is 35.5. The third-order valence-electron chi connectivity index (χ3n) is 5.21. The second-order valence-corrected chi connectivity index (χ2v) is 8.60. The second-order valence-electron chi connectivity index (χ2n) is 7.25. The number of benzene rings is 1. The van der Waals surface area contributed by atoms with Crippen LogP contribution in [-0.2, 0) is 9.59 Å². The Bertz CT molecular complexity index is 902. The summed E-state index contributed by atoms with van der Waals surface area (Å²) in [4.78, 5) is 28.4. The van der Waals surface area contributed by atoms with Crippen molar-refractivity contribution in [2.75, 3.05) is 34.8 Å². The number of aromatic nitrogens is 2. The molecule has 0 aliphatic carbocycles. The third-order valence-corrected chi connectivity index (χ3v) is 6.62. The van der Waals surface area contributed by atoms with E-state index >= 15 is 0 Å². The summed E-state index contributed by atoms with van der Waals surface area (Å²) in [6, 6.07) is 5.54. The Balaban J connectivity index is 1.41. The molecule has 9 heteroatoms. The Hall–Kier alpha value is -2.19. The molecule has 2 saturated heterocycles. The SMILES string of the molecule is Cc1ccc(NC(=O)C2CCCN(c3nnc(N4CCCC4=O)s3)C2)cc1Cl. The molecule has 7 nitrogen and oxygen atoms in total. The molecule has 28 heavy (non-hydrogen) atoms. The Morgan fingerprint density at radius 1 is 1.25 bits per heavy atom. The van der Waals surface area contributed by atoms with Crippen LogP contribution in [-0.4, -0.2) is 41.6 Å². The van der Waals surface area contributed by atoms with Gasteiger partial charge in [0, 0.05) is 36.8 Å². The minimum absolute atomic E-state index is 0.0101. The van der Waals surface area contributed by atoms with Gasteiger partial charge in [-0.2, -0.15) is 0 Å². The predicted octanol–water partition coefficient (Wildman–Crippen LogP) is 3.48. The number of carbonyl (C=O) groups is 2. The Morgan fingerprint density at radius 3 is 2.82 bits per heavy atom. The van der Waals surface area contributed by atoms with Crippen LogP contribution in [0.1, 0.15) is 31.2 Å². The number of hydrogen-bond acceptors (Lipinski definition) is 6. The van der Waals surface area contributed by atoms with E-state index in [1.54, 1.807) is 11.0 Å². The van der Waals surface area contributed by atoms with Crippen LogP contribution in [0.15, 0.2) is 18.2 Å². The van der Waals surface area contributed by atoms with E-state index in [2.05, 4.69) is 20.4 Å². The number of amides is 2. The van der Waals surface area contributed by atoms with E-state index in [0.29, 0.717) is 35.4 Å². The van der Waals surface area contributed by atoms with Crippen molar-refractivity contribution in [3.63, 3.8) is 0 Å². The van der Waals surface area contributed by atoms with Gasteiger partial charge in [0.15, 0.2) is 0 Å². The van der Waals surface area contributed by atoms with Gasteiger partial charge in [-0.15, -0.1) is 10.2 Å². The van der Waals surface area contributed by atoms with E-state index in [0.717, 1.165) is 36.5 Å². The number of aryl methyl sites for hydroxylation is 1. The highest BCUT2D eigenvalue weighted by Crippen LogP contribution is 2.32. The van der Waals surface area contributed by atoms with Crippen molar-refractivity contribution in [3.05, 3.63) is 28.8 Å². The maximum atomic E-state index is 12.7. The average molecular weight is 420 g/mol. The lowest BCUT2D eigenvalue weighted by Crippen LogP contribution is -2.40. The number of nitrogens with one attached hydrogen (secondary N) is 1. The van der Waals surface area contributed by atoms with E-state index in [-0.39, 0.29) is 17.7 Å². The summed E-state index contributed by atoms with van der Waals surface area (Å²) in [5, 5.41) is 13.5. The fourth-order valence-corrected chi connectivity index (χ4v) is 4.68. The number of nitrogens with zero attached hydrogens (tertiary/aromatic N) is 4. The van der Waals surface area contributed by atoms with Gasteiger partial charge >= 0.3 is 0 Å². The van der Waals surface area contributed by atoms with Gasteiger partial charge < -0.3 is 10.2 Å². The quantitative estimate of drug-likeness (QED) is 0.820. The van der Waals surface area contributed by atoms with Crippen LogP contribution in [0, 0.1) is 12.8 Å². The van der Waals surface area contributed by atoms with Crippen molar-refractivity contribution in [1.29, 1.82) is 0 Å². The van der Waals surface area contributed by atoms with E-state index in [4.69, 9.17) is 11.6 Å². The molecule has 0 bridgehead atoms. The molecule has 1 N–H and O–H groups in total. The van der Waals surface area contributed by atoms with Crippen LogP contribution < -0.4 is 15.1 Å². The molecular formula is C19H22ClN5O2S. The summed E-state index contributed by atoms with van der Waals surface area (Å²) in [6.07, 6.45) is 3.18. The number of rotatable bonds is 4. The van der Waals surface area contributed by atoms with Crippen molar-refractivity contribution in [2.45, 2.75) is 32.6 Å². The third kappa shape index (κ3) is 3.98. The van der Waals surface area contributed by atoms with Crippen molar-refractivity contribution >= 4 is 50.7 Å². The minimum atomic E-state index is -0.130. The molecule has 2 aromatic rings. The average Bonchev–Trinajstić information content (AvgIpc) is 3.33. The summed E-state index contributed by atoms with van der Waals surface area (Å²) < 4.78 is 0. The van der Waals surface area contributed by atoms with E-state index in [9.17, 15) is 9.59 Å². The number of piperidine rings is 1. The molecule has 4 rings (SSSR count). The van der Waals surface area contributed by atoms with Crippen molar-refractivity contribution < 1.29 is 9.59 Å². The highest BCUT2D eigenvalue weighted by Gasteiger charge is 2.30. The van der Waals surface area contributed by atoms with E-state index in [1.165, 1.54) is 11.3 Å². The molecule has 1 aromatic carbocycles. The molecular weight excluding hydrogens is 398 g/mol. The van der Waals surface area contributed by atoms with E-state index in [1.807, 2.05) is 19.1 Å². The van der Waals surface area contributed by atoms with E-state index < -0.39 is 0 Å². The van der Waals surface area contributed by atoms with Crippen LogP contribution in [0.4, 0.5) is 16.0 Å². The van der Waals surface area contributed by atoms with Gasteiger partial charge in [-0.25, -0.2) is 0 Å². The first-order chi connectivity index (χ1) is 13.5. The van der Waals surface area contributed by atoms with Gasteiger partial charge in [-0.3, -0.25) is 14.5 Å². The summed E-state index contributed by atoms with van der Waals surface area (Å²) >= 11 is 7.57. The zero-order valence-corrected chi connectivity index (χ0v) is 17.2. The Labute approximate surface area is 172 Å². The lowest BCUT2D eigenvalue weighted by Gasteiger charge is -2.31. The molecule has 2 aliphatic heterocycles. The molecule has 148 valence electrons. The van der Waals surface area contributed by atoms with Gasteiger partial charge in [-0.1, -0.05) is 29.0 Å². The largest absolute Gasteiger partial charge is 0.346 e. The normalized spacial score (nSPS) is 19.9. The first-order valence-corrected chi connectivity index (χ1v) is 10.7. The van der Waals surface area contributed by atoms with Crippen molar-refractivity contribution in [1.82, 2.24) is 10.2 Å². The van der Waals surface area contributed by atoms with Crippen molar-refractivity contribution in [3.8, 4) is 0 Å². The van der Waals surface area contributed by atoms with Crippen LogP contribution in [0.5, 0.6) is 0 Å². The summed E-state index contributed by atoms with van der Waals surface area (Å²) in [7, 11) is 0. The topological polar surface area (TPSA) is 78.4 Å². The zero-order chi connectivity index (χ0) is 19.7. The van der Waals surface area contributed by atoms with Gasteiger partial charge in [0.25, 0.3) is 0 Å². The Kier molecular flexibility index (Phi) is 5.50. The fraction of sp³-hybridized carbons (Fsp3) is 0.474. The smallest absolute Gasteiger partial charge is 0.229 e. The fourth-order valence-electron chi connectivity index (χ4n) is 3.58. The first-order valence-electron chi connectivity index (χ1n) is 9.47. The molecule has 2 aliphatic rings. The molecule has 0 saturated carbocycles. The van der Waals surface area contributed by atoms with Gasteiger partial charge in [-0.05, 0) is 43.9 Å². The summed E-state index contributed by atoms with van der Waals surface area (Å²) in [5.74, 6) is -0.0333. The monoisotopic (exact) mass is 419 g/mol. The molecule has 0 radical (unpaired) electrons. The van der Waals surface area contributed by atoms with Gasteiger partial charge in [0.2, 0.25) is 22.1 Å². The highest BCUT2D eigenvalue weighted by molar-refractivity contribution is 7.19. The number of halogens is 1. The molecule has 1 aromatic heterocycles. The maximum Gasteiger partial charge on any atom is 0.229 e. The molecule has 1 unspecified atom stereocenters. The Morgan fingerprint density at radius 2 is 2.07 bits per heavy atom. The van der Waals surface area contributed by atoms with Crippen LogP contribution in [0.2, 0.25) is 5.02 Å². The standard InChI is InChI=1S/C19H22ClN5O2S/c1-12-6-7-14(10-15(12)20)21-17(27)13-4-2-8-24(11-13)18-22-23-19(28-18)25-9-3-5-16(25)26/h6-7,10,13H,2-5,8-9,11H2,1H3,(H,21,27). The molecule has 0 spiro atoms. The first kappa shape index (κ1) is 19.1.